The Balaban J connectivity index is 1.92. The summed E-state index contributed by atoms with van der Waals surface area (Å²) in [5, 5.41) is 1.45. The van der Waals surface area contributed by atoms with Crippen molar-refractivity contribution in [3.8, 4) is 0 Å². The molecule has 0 radical (unpaired) electrons. The summed E-state index contributed by atoms with van der Waals surface area (Å²) in [7, 11) is 0. The molecule has 0 aliphatic carbocycles. The first-order chi connectivity index (χ1) is 11.1. The van der Waals surface area contributed by atoms with Crippen LogP contribution in [0, 0.1) is 0 Å². The fourth-order valence-electron chi connectivity index (χ4n) is 2.58. The van der Waals surface area contributed by atoms with E-state index in [-0.39, 0.29) is 11.4 Å². The second-order valence-electron chi connectivity index (χ2n) is 5.37. The van der Waals surface area contributed by atoms with E-state index in [4.69, 9.17) is 34.8 Å². The Morgan fingerprint density at radius 2 is 1.52 bits per heavy atom. The molecule has 0 N–H and O–H groups in total. The molecule has 2 unspecified atom stereocenters. The van der Waals surface area contributed by atoms with Crippen LogP contribution in [0.5, 0.6) is 0 Å². The lowest BCUT2D eigenvalue weighted by Crippen LogP contribution is -2.14. The lowest BCUT2D eigenvalue weighted by molar-refractivity contribution is 0.531. The quantitative estimate of drug-likeness (QED) is 0.510. The standard InChI is InChI=1S/C18H15Cl3N2/c19-15-5-1-13(2-6-15)11-17(14-3-7-16(20)8-4-14)18(21)23-10-9-22-12-23/h1-10,12,17-18H,11H2. The summed E-state index contributed by atoms with van der Waals surface area (Å²) >= 11 is 18.7. The van der Waals surface area contributed by atoms with E-state index >= 15 is 0 Å². The molecule has 0 aliphatic heterocycles. The molecular weight excluding hydrogens is 351 g/mol. The summed E-state index contributed by atoms with van der Waals surface area (Å²) < 4.78 is 1.91. The molecule has 3 aromatic rings. The number of imidazole rings is 1. The topological polar surface area (TPSA) is 17.8 Å². The third-order valence-corrected chi connectivity index (χ3v) is 4.84. The number of nitrogens with zero attached hydrogens (tertiary/aromatic N) is 2. The molecule has 23 heavy (non-hydrogen) atoms. The van der Waals surface area contributed by atoms with Gasteiger partial charge in [-0.1, -0.05) is 59.1 Å². The third-order valence-electron chi connectivity index (χ3n) is 3.81. The van der Waals surface area contributed by atoms with Gasteiger partial charge >= 0.3 is 0 Å². The predicted octanol–water partition coefficient (Wildman–Crippen LogP) is 5.95. The highest BCUT2D eigenvalue weighted by Crippen LogP contribution is 2.35. The number of hydrogen-bond acceptors (Lipinski definition) is 1. The van der Waals surface area contributed by atoms with Crippen molar-refractivity contribution < 1.29 is 0 Å². The summed E-state index contributed by atoms with van der Waals surface area (Å²) in [5.41, 5.74) is 2.08. The molecule has 118 valence electrons. The van der Waals surface area contributed by atoms with Crippen molar-refractivity contribution in [3.63, 3.8) is 0 Å². The summed E-state index contributed by atoms with van der Waals surface area (Å²) in [4.78, 5) is 4.09. The first-order valence-corrected chi connectivity index (χ1v) is 8.44. The van der Waals surface area contributed by atoms with Gasteiger partial charge in [0.25, 0.3) is 0 Å². The summed E-state index contributed by atoms with van der Waals surface area (Å²) in [5.74, 6) is 0.0873. The Kier molecular flexibility index (Phi) is 5.27. The fraction of sp³-hybridized carbons (Fsp3) is 0.167. The molecule has 0 saturated carbocycles. The first kappa shape index (κ1) is 16.4. The van der Waals surface area contributed by atoms with E-state index < -0.39 is 0 Å². The maximum absolute atomic E-state index is 6.73. The summed E-state index contributed by atoms with van der Waals surface area (Å²) in [6.45, 7) is 0. The molecule has 1 heterocycles. The van der Waals surface area contributed by atoms with Gasteiger partial charge < -0.3 is 4.57 Å². The molecule has 0 spiro atoms. The Labute approximate surface area is 150 Å². The van der Waals surface area contributed by atoms with Crippen molar-refractivity contribution in [1.29, 1.82) is 0 Å². The van der Waals surface area contributed by atoms with Gasteiger partial charge in [-0.2, -0.15) is 0 Å². The molecular formula is C18H15Cl3N2. The molecule has 1 aromatic heterocycles. The second-order valence-corrected chi connectivity index (χ2v) is 6.69. The predicted molar refractivity (Wildman–Crippen MR) is 96.5 cm³/mol. The molecule has 2 aromatic carbocycles. The van der Waals surface area contributed by atoms with Gasteiger partial charge in [-0.15, -0.1) is 0 Å². The highest BCUT2D eigenvalue weighted by molar-refractivity contribution is 6.30. The number of hydrogen-bond donors (Lipinski definition) is 0. The van der Waals surface area contributed by atoms with Crippen LogP contribution >= 0.6 is 34.8 Å². The lowest BCUT2D eigenvalue weighted by Gasteiger charge is -2.24. The van der Waals surface area contributed by atoms with Crippen molar-refractivity contribution in [3.05, 3.63) is 88.4 Å². The SMILES string of the molecule is Clc1ccc(CC(c2ccc(Cl)cc2)C(Cl)n2ccnc2)cc1. The Morgan fingerprint density at radius 3 is 2.09 bits per heavy atom. The molecule has 2 atom stereocenters. The number of benzene rings is 2. The number of halogens is 3. The zero-order valence-corrected chi connectivity index (χ0v) is 14.5. The molecule has 0 bridgehead atoms. The van der Waals surface area contributed by atoms with Gasteiger partial charge in [0.1, 0.15) is 5.50 Å². The Bertz CT molecular complexity index is 737. The fourth-order valence-corrected chi connectivity index (χ4v) is 3.18. The molecule has 0 fully saturated rings. The average molecular weight is 366 g/mol. The Hall–Kier alpha value is -1.48. The van der Waals surface area contributed by atoms with Crippen LogP contribution in [0.25, 0.3) is 0 Å². The van der Waals surface area contributed by atoms with Crippen LogP contribution in [-0.4, -0.2) is 9.55 Å². The van der Waals surface area contributed by atoms with Gasteiger partial charge in [0.2, 0.25) is 0 Å². The molecule has 0 amide bonds. The van der Waals surface area contributed by atoms with E-state index in [1.54, 1.807) is 12.5 Å². The largest absolute Gasteiger partial charge is 0.320 e. The van der Waals surface area contributed by atoms with E-state index in [9.17, 15) is 0 Å². The zero-order chi connectivity index (χ0) is 16.2. The van der Waals surface area contributed by atoms with E-state index in [0.29, 0.717) is 5.02 Å². The van der Waals surface area contributed by atoms with Crippen LogP contribution < -0.4 is 0 Å². The second kappa shape index (κ2) is 7.39. The van der Waals surface area contributed by atoms with E-state index in [0.717, 1.165) is 17.0 Å². The zero-order valence-electron chi connectivity index (χ0n) is 12.2. The number of aromatic nitrogens is 2. The van der Waals surface area contributed by atoms with Crippen LogP contribution in [0.1, 0.15) is 22.5 Å². The third kappa shape index (κ3) is 4.08. The first-order valence-electron chi connectivity index (χ1n) is 7.25. The molecule has 3 rings (SSSR count). The normalized spacial score (nSPS) is 13.7. The molecule has 2 nitrogen and oxygen atoms in total. The lowest BCUT2D eigenvalue weighted by atomic mass is 9.91. The van der Waals surface area contributed by atoms with Crippen LogP contribution in [0.2, 0.25) is 10.0 Å². The van der Waals surface area contributed by atoms with E-state index in [2.05, 4.69) is 4.98 Å². The summed E-state index contributed by atoms with van der Waals surface area (Å²) in [6.07, 6.45) is 6.15. The minimum absolute atomic E-state index is 0.0873. The van der Waals surface area contributed by atoms with Crippen LogP contribution in [0.15, 0.2) is 67.3 Å². The smallest absolute Gasteiger partial charge is 0.116 e. The van der Waals surface area contributed by atoms with Crippen molar-refractivity contribution >= 4 is 34.8 Å². The van der Waals surface area contributed by atoms with Gasteiger partial charge in [0.05, 0.1) is 6.33 Å². The van der Waals surface area contributed by atoms with Crippen LogP contribution in [0.4, 0.5) is 0 Å². The van der Waals surface area contributed by atoms with Gasteiger partial charge in [-0.3, -0.25) is 0 Å². The van der Waals surface area contributed by atoms with Crippen molar-refractivity contribution in [2.24, 2.45) is 0 Å². The van der Waals surface area contributed by atoms with Gasteiger partial charge in [0.15, 0.2) is 0 Å². The summed E-state index contributed by atoms with van der Waals surface area (Å²) in [6, 6.07) is 15.7. The van der Waals surface area contributed by atoms with Crippen LogP contribution in [-0.2, 0) is 6.42 Å². The highest BCUT2D eigenvalue weighted by atomic mass is 35.5. The molecule has 0 aliphatic rings. The van der Waals surface area contributed by atoms with Gasteiger partial charge in [-0.25, -0.2) is 4.98 Å². The average Bonchev–Trinajstić information content (AvgIpc) is 3.09. The van der Waals surface area contributed by atoms with Gasteiger partial charge in [0, 0.05) is 28.4 Å². The number of rotatable bonds is 5. The van der Waals surface area contributed by atoms with Gasteiger partial charge in [-0.05, 0) is 41.8 Å². The van der Waals surface area contributed by atoms with E-state index in [1.807, 2.05) is 59.3 Å². The van der Waals surface area contributed by atoms with E-state index in [1.165, 1.54) is 5.56 Å². The maximum Gasteiger partial charge on any atom is 0.116 e. The molecule has 0 saturated heterocycles. The maximum atomic E-state index is 6.73. The van der Waals surface area contributed by atoms with Crippen molar-refractivity contribution in [2.45, 2.75) is 17.8 Å². The monoisotopic (exact) mass is 364 g/mol. The Morgan fingerprint density at radius 1 is 0.913 bits per heavy atom. The molecule has 5 heteroatoms. The van der Waals surface area contributed by atoms with Crippen molar-refractivity contribution in [2.75, 3.05) is 0 Å². The number of alkyl halides is 1. The van der Waals surface area contributed by atoms with Crippen LogP contribution in [0.3, 0.4) is 0 Å². The van der Waals surface area contributed by atoms with Crippen molar-refractivity contribution in [1.82, 2.24) is 9.55 Å². The minimum atomic E-state index is -0.241. The highest BCUT2D eigenvalue weighted by Gasteiger charge is 2.23. The minimum Gasteiger partial charge on any atom is -0.320 e.